The van der Waals surface area contributed by atoms with Crippen LogP contribution >= 0.6 is 0 Å². The van der Waals surface area contributed by atoms with Crippen molar-refractivity contribution in [2.75, 3.05) is 20.1 Å². The van der Waals surface area contributed by atoms with Crippen molar-refractivity contribution < 1.29 is 14.7 Å². The van der Waals surface area contributed by atoms with E-state index >= 15 is 0 Å². The smallest absolute Gasteiger partial charge is 0.331 e. The number of aromatic nitrogens is 2. The van der Waals surface area contributed by atoms with Gasteiger partial charge in [0, 0.05) is 37.9 Å². The Kier molecular flexibility index (Phi) is 6.16. The van der Waals surface area contributed by atoms with Crippen LogP contribution in [0.15, 0.2) is 12.4 Å². The van der Waals surface area contributed by atoms with Gasteiger partial charge < -0.3 is 20.6 Å². The first-order valence-electron chi connectivity index (χ1n) is 6.77. The van der Waals surface area contributed by atoms with Gasteiger partial charge in [0.15, 0.2) is 6.04 Å². The number of nitrogens with one attached hydrogen (secondary N) is 2. The highest BCUT2D eigenvalue weighted by Crippen LogP contribution is 2.11. The van der Waals surface area contributed by atoms with Crippen molar-refractivity contribution in [3.8, 4) is 0 Å². The number of amides is 2. The van der Waals surface area contributed by atoms with E-state index in [4.69, 9.17) is 0 Å². The summed E-state index contributed by atoms with van der Waals surface area (Å²) in [6.07, 6.45) is 2.98. The molecule has 0 radical (unpaired) electrons. The van der Waals surface area contributed by atoms with E-state index in [1.54, 1.807) is 13.2 Å². The molecule has 2 amide bonds. The van der Waals surface area contributed by atoms with E-state index in [9.17, 15) is 14.7 Å². The molecule has 1 rings (SSSR count). The molecule has 1 aromatic heterocycles. The maximum atomic E-state index is 11.8. The molecule has 0 spiro atoms. The van der Waals surface area contributed by atoms with Gasteiger partial charge in [-0.2, -0.15) is 5.10 Å². The third-order valence-electron chi connectivity index (χ3n) is 3.21. The lowest BCUT2D eigenvalue weighted by Crippen LogP contribution is -2.43. The van der Waals surface area contributed by atoms with Crippen LogP contribution in [0.2, 0.25) is 0 Å². The summed E-state index contributed by atoms with van der Waals surface area (Å²) in [5.74, 6) is -1.13. The van der Waals surface area contributed by atoms with Crippen LogP contribution < -0.4 is 10.6 Å². The summed E-state index contributed by atoms with van der Waals surface area (Å²) in [5.41, 5.74) is 0.430. The number of hydrogen-bond acceptors (Lipinski definition) is 4. The number of aliphatic carboxylic acids is 1. The molecule has 0 saturated heterocycles. The topological polar surface area (TPSA) is 99.5 Å². The number of carboxylic acid groups (broad SMARTS) is 1. The molecule has 0 aliphatic carbocycles. The molecule has 3 N–H and O–H groups in total. The predicted octanol–water partition coefficient (Wildman–Crippen LogP) is 0.185. The Morgan fingerprint density at radius 1 is 1.48 bits per heavy atom. The minimum Gasteiger partial charge on any atom is -0.479 e. The van der Waals surface area contributed by atoms with Gasteiger partial charge in [0.1, 0.15) is 0 Å². The third kappa shape index (κ3) is 5.42. The monoisotopic (exact) mass is 297 g/mol. The van der Waals surface area contributed by atoms with Gasteiger partial charge >= 0.3 is 12.0 Å². The summed E-state index contributed by atoms with van der Waals surface area (Å²) >= 11 is 0. The van der Waals surface area contributed by atoms with Crippen LogP contribution in [-0.4, -0.2) is 58.0 Å². The van der Waals surface area contributed by atoms with Crippen LogP contribution in [0.25, 0.3) is 0 Å². The number of rotatable bonds is 7. The average Bonchev–Trinajstić information content (AvgIpc) is 2.81. The molecule has 8 nitrogen and oxygen atoms in total. The van der Waals surface area contributed by atoms with Crippen LogP contribution in [0.1, 0.15) is 25.5 Å². The van der Waals surface area contributed by atoms with Gasteiger partial charge in [0.05, 0.1) is 6.20 Å². The van der Waals surface area contributed by atoms with Gasteiger partial charge in [0.2, 0.25) is 0 Å². The SMILES string of the molecule is CC(C)N(C)CCNC(=O)NC(C(=O)O)c1cnn(C)c1. The predicted molar refractivity (Wildman–Crippen MR) is 77.9 cm³/mol. The highest BCUT2D eigenvalue weighted by atomic mass is 16.4. The number of urea groups is 1. The number of likely N-dealkylation sites (N-methyl/N-ethyl adjacent to an activating group) is 1. The Labute approximate surface area is 124 Å². The number of aryl methyl sites for hydroxylation is 1. The summed E-state index contributed by atoms with van der Waals surface area (Å²) in [4.78, 5) is 25.1. The molecule has 0 bridgehead atoms. The summed E-state index contributed by atoms with van der Waals surface area (Å²) in [5, 5.41) is 18.2. The van der Waals surface area contributed by atoms with Crippen LogP contribution in [0.3, 0.4) is 0 Å². The fourth-order valence-corrected chi connectivity index (χ4v) is 1.66. The van der Waals surface area contributed by atoms with Crippen molar-refractivity contribution >= 4 is 12.0 Å². The van der Waals surface area contributed by atoms with E-state index < -0.39 is 18.0 Å². The lowest BCUT2D eigenvalue weighted by molar-refractivity contribution is -0.139. The summed E-state index contributed by atoms with van der Waals surface area (Å²) in [7, 11) is 3.64. The first-order chi connectivity index (χ1) is 9.81. The van der Waals surface area contributed by atoms with E-state index in [1.165, 1.54) is 10.9 Å². The van der Waals surface area contributed by atoms with Crippen LogP contribution in [-0.2, 0) is 11.8 Å². The van der Waals surface area contributed by atoms with Crippen molar-refractivity contribution in [3.63, 3.8) is 0 Å². The van der Waals surface area contributed by atoms with Crippen LogP contribution in [0, 0.1) is 0 Å². The Morgan fingerprint density at radius 3 is 2.62 bits per heavy atom. The molecule has 0 aliphatic heterocycles. The maximum Gasteiger partial charge on any atom is 0.331 e. The molecule has 1 heterocycles. The Hall–Kier alpha value is -2.09. The van der Waals surface area contributed by atoms with Crippen LogP contribution in [0.4, 0.5) is 4.79 Å². The molecule has 0 aliphatic rings. The molecule has 118 valence electrons. The van der Waals surface area contributed by atoms with Crippen molar-refractivity contribution in [1.29, 1.82) is 0 Å². The first-order valence-corrected chi connectivity index (χ1v) is 6.77. The molecule has 0 fully saturated rings. The fourth-order valence-electron chi connectivity index (χ4n) is 1.66. The van der Waals surface area contributed by atoms with E-state index in [2.05, 4.69) is 34.5 Å². The molecular weight excluding hydrogens is 274 g/mol. The number of hydrogen-bond donors (Lipinski definition) is 3. The minimum absolute atomic E-state index is 0.386. The molecular formula is C13H23N5O3. The summed E-state index contributed by atoms with van der Waals surface area (Å²) in [6.45, 7) is 5.25. The first kappa shape index (κ1) is 17.0. The zero-order valence-electron chi connectivity index (χ0n) is 12.8. The number of carbonyl (C=O) groups excluding carboxylic acids is 1. The normalized spacial score (nSPS) is 12.5. The number of carboxylic acids is 1. The van der Waals surface area contributed by atoms with Crippen molar-refractivity contribution in [3.05, 3.63) is 18.0 Å². The maximum absolute atomic E-state index is 11.8. The van der Waals surface area contributed by atoms with E-state index in [0.29, 0.717) is 24.7 Å². The van der Waals surface area contributed by atoms with Gasteiger partial charge in [-0.1, -0.05) is 0 Å². The molecule has 1 aromatic rings. The quantitative estimate of drug-likeness (QED) is 0.667. The molecule has 1 unspecified atom stereocenters. The van der Waals surface area contributed by atoms with Gasteiger partial charge in [-0.3, -0.25) is 4.68 Å². The average molecular weight is 297 g/mol. The largest absolute Gasteiger partial charge is 0.479 e. The molecule has 0 saturated carbocycles. The Bertz CT molecular complexity index is 486. The highest BCUT2D eigenvalue weighted by Gasteiger charge is 2.23. The lowest BCUT2D eigenvalue weighted by atomic mass is 10.1. The van der Waals surface area contributed by atoms with Gasteiger partial charge in [-0.05, 0) is 20.9 Å². The number of nitrogens with zero attached hydrogens (tertiary/aromatic N) is 3. The summed E-state index contributed by atoms with van der Waals surface area (Å²) < 4.78 is 1.49. The molecule has 1 atom stereocenters. The van der Waals surface area contributed by atoms with Gasteiger partial charge in [0.25, 0.3) is 0 Å². The third-order valence-corrected chi connectivity index (χ3v) is 3.21. The second kappa shape index (κ2) is 7.63. The minimum atomic E-state index is -1.13. The zero-order valence-corrected chi connectivity index (χ0v) is 12.8. The fraction of sp³-hybridized carbons (Fsp3) is 0.615. The van der Waals surface area contributed by atoms with E-state index in [-0.39, 0.29) is 0 Å². The zero-order chi connectivity index (χ0) is 16.0. The highest BCUT2D eigenvalue weighted by molar-refractivity contribution is 5.83. The van der Waals surface area contributed by atoms with E-state index in [1.807, 2.05) is 7.05 Å². The Morgan fingerprint density at radius 2 is 2.14 bits per heavy atom. The lowest BCUT2D eigenvalue weighted by Gasteiger charge is -2.21. The number of carbonyl (C=O) groups is 2. The molecule has 8 heteroatoms. The molecule has 21 heavy (non-hydrogen) atoms. The van der Waals surface area contributed by atoms with E-state index in [0.717, 1.165) is 0 Å². The summed E-state index contributed by atoms with van der Waals surface area (Å²) in [6, 6.07) is -1.23. The van der Waals surface area contributed by atoms with Gasteiger partial charge in [-0.15, -0.1) is 0 Å². The van der Waals surface area contributed by atoms with Gasteiger partial charge in [-0.25, -0.2) is 9.59 Å². The standard InChI is InChI=1S/C13H23N5O3/c1-9(2)17(3)6-5-14-13(21)16-11(12(19)20)10-7-15-18(4)8-10/h7-9,11H,5-6H2,1-4H3,(H,19,20)(H2,14,16,21). The van der Waals surface area contributed by atoms with Crippen molar-refractivity contribution in [2.45, 2.75) is 25.9 Å². The van der Waals surface area contributed by atoms with Crippen molar-refractivity contribution in [2.24, 2.45) is 7.05 Å². The van der Waals surface area contributed by atoms with Crippen molar-refractivity contribution in [1.82, 2.24) is 25.3 Å². The second-order valence-electron chi connectivity index (χ2n) is 5.19. The Balaban J connectivity index is 2.49. The second-order valence-corrected chi connectivity index (χ2v) is 5.19. The van der Waals surface area contributed by atoms with Crippen LogP contribution in [0.5, 0.6) is 0 Å². The molecule has 0 aromatic carbocycles.